The standard InChI is InChI=1S/C16H22N6O2S2/c1-21(5-11-4-14(23)20-16(17)19-11)13-2-3-22(6-13)15(24)9-25-7-12-8-26-10-18-12/h4,8,10,13H,2-3,5-7,9H2,1H3,(H3,17,19,20,23). The number of carbonyl (C=O) groups is 1. The number of rotatable bonds is 7. The summed E-state index contributed by atoms with van der Waals surface area (Å²) >= 11 is 3.17. The third-order valence-electron chi connectivity index (χ3n) is 4.32. The molecule has 0 spiro atoms. The molecule has 0 radical (unpaired) electrons. The molecule has 8 nitrogen and oxygen atoms in total. The molecule has 3 rings (SSSR count). The Bertz CT molecular complexity index is 794. The van der Waals surface area contributed by atoms with Crippen molar-refractivity contribution in [1.29, 1.82) is 0 Å². The highest BCUT2D eigenvalue weighted by atomic mass is 32.2. The maximum Gasteiger partial charge on any atom is 0.252 e. The van der Waals surface area contributed by atoms with Crippen molar-refractivity contribution in [3.05, 3.63) is 38.7 Å². The molecule has 1 atom stereocenters. The summed E-state index contributed by atoms with van der Waals surface area (Å²) in [4.78, 5) is 38.7. The van der Waals surface area contributed by atoms with Crippen molar-refractivity contribution >= 4 is 35.0 Å². The van der Waals surface area contributed by atoms with Gasteiger partial charge in [-0.05, 0) is 13.5 Å². The summed E-state index contributed by atoms with van der Waals surface area (Å²) < 4.78 is 0. The molecular weight excluding hydrogens is 372 g/mol. The molecule has 3 heterocycles. The number of thiazole rings is 1. The van der Waals surface area contributed by atoms with E-state index in [9.17, 15) is 9.59 Å². The predicted octanol–water partition coefficient (Wildman–Crippen LogP) is 0.775. The largest absolute Gasteiger partial charge is 0.369 e. The summed E-state index contributed by atoms with van der Waals surface area (Å²) in [5.41, 5.74) is 8.81. The highest BCUT2D eigenvalue weighted by molar-refractivity contribution is 7.99. The van der Waals surface area contributed by atoms with Crippen LogP contribution in [0.1, 0.15) is 17.8 Å². The van der Waals surface area contributed by atoms with Gasteiger partial charge in [0.2, 0.25) is 11.9 Å². The molecule has 1 unspecified atom stereocenters. The minimum atomic E-state index is -0.249. The molecule has 1 aliphatic rings. The number of aromatic nitrogens is 3. The van der Waals surface area contributed by atoms with Crippen LogP contribution in [0.15, 0.2) is 21.8 Å². The lowest BCUT2D eigenvalue weighted by Crippen LogP contribution is -2.37. The van der Waals surface area contributed by atoms with E-state index in [0.29, 0.717) is 24.5 Å². The topological polar surface area (TPSA) is 108 Å². The van der Waals surface area contributed by atoms with Gasteiger partial charge in [-0.25, -0.2) is 9.97 Å². The first-order valence-electron chi connectivity index (χ1n) is 8.30. The summed E-state index contributed by atoms with van der Waals surface area (Å²) in [6.07, 6.45) is 0.914. The highest BCUT2D eigenvalue weighted by Gasteiger charge is 2.28. The number of nitrogens with one attached hydrogen (secondary N) is 1. The van der Waals surface area contributed by atoms with E-state index >= 15 is 0 Å². The van der Waals surface area contributed by atoms with Crippen LogP contribution in [0.2, 0.25) is 0 Å². The molecule has 1 aliphatic heterocycles. The van der Waals surface area contributed by atoms with Crippen molar-refractivity contribution in [2.45, 2.75) is 24.8 Å². The smallest absolute Gasteiger partial charge is 0.252 e. The number of nitrogens with two attached hydrogens (primary N) is 1. The molecule has 26 heavy (non-hydrogen) atoms. The van der Waals surface area contributed by atoms with E-state index in [1.54, 1.807) is 23.1 Å². The van der Waals surface area contributed by atoms with E-state index in [2.05, 4.69) is 19.9 Å². The number of nitrogens with zero attached hydrogens (tertiary/aromatic N) is 4. The van der Waals surface area contributed by atoms with Crippen LogP contribution < -0.4 is 11.3 Å². The van der Waals surface area contributed by atoms with Crippen molar-refractivity contribution in [3.8, 4) is 0 Å². The molecule has 0 saturated carbocycles. The summed E-state index contributed by atoms with van der Waals surface area (Å²) in [5.74, 6) is 1.53. The van der Waals surface area contributed by atoms with Crippen molar-refractivity contribution in [3.63, 3.8) is 0 Å². The number of aromatic amines is 1. The van der Waals surface area contributed by atoms with Gasteiger partial charge in [-0.1, -0.05) is 0 Å². The minimum absolute atomic E-state index is 0.126. The summed E-state index contributed by atoms with van der Waals surface area (Å²) in [6, 6.07) is 1.71. The van der Waals surface area contributed by atoms with Gasteiger partial charge in [0.25, 0.3) is 5.56 Å². The summed E-state index contributed by atoms with van der Waals surface area (Å²) in [6.45, 7) is 1.99. The number of carbonyl (C=O) groups excluding carboxylic acids is 1. The first kappa shape index (κ1) is 18.9. The second kappa shape index (κ2) is 8.65. The average Bonchev–Trinajstić information content (AvgIpc) is 3.25. The molecule has 1 fully saturated rings. The number of H-pyrrole nitrogens is 1. The van der Waals surface area contributed by atoms with Crippen molar-refractivity contribution in [2.75, 3.05) is 31.6 Å². The van der Waals surface area contributed by atoms with Crippen molar-refractivity contribution in [1.82, 2.24) is 24.8 Å². The van der Waals surface area contributed by atoms with Crippen LogP contribution in [0, 0.1) is 0 Å². The Morgan fingerprint density at radius 3 is 3.12 bits per heavy atom. The van der Waals surface area contributed by atoms with Gasteiger partial charge in [-0.3, -0.25) is 19.5 Å². The van der Waals surface area contributed by atoms with Gasteiger partial charge in [-0.15, -0.1) is 23.1 Å². The Morgan fingerprint density at radius 2 is 2.38 bits per heavy atom. The molecule has 140 valence electrons. The SMILES string of the molecule is CN(Cc1cc(=O)[nH]c(N)n1)C1CCN(C(=O)CSCc2cscn2)C1. The number of thioether (sulfide) groups is 1. The molecule has 1 amide bonds. The lowest BCUT2D eigenvalue weighted by atomic mass is 10.2. The van der Waals surface area contributed by atoms with E-state index in [4.69, 9.17) is 5.73 Å². The Morgan fingerprint density at radius 1 is 1.54 bits per heavy atom. The number of hydrogen-bond donors (Lipinski definition) is 2. The minimum Gasteiger partial charge on any atom is -0.369 e. The van der Waals surface area contributed by atoms with Gasteiger partial charge in [-0.2, -0.15) is 0 Å². The fourth-order valence-corrected chi connectivity index (χ4v) is 4.46. The number of likely N-dealkylation sites (N-methyl/N-ethyl adjacent to an activating group) is 1. The van der Waals surface area contributed by atoms with Gasteiger partial charge in [0, 0.05) is 42.9 Å². The molecule has 0 aromatic carbocycles. The number of anilines is 1. The van der Waals surface area contributed by atoms with Gasteiger partial charge in [0.15, 0.2) is 0 Å². The van der Waals surface area contributed by atoms with E-state index in [0.717, 1.165) is 24.4 Å². The Balaban J connectivity index is 1.46. The van der Waals surface area contributed by atoms with E-state index in [1.165, 1.54) is 6.07 Å². The molecule has 1 saturated heterocycles. The predicted molar refractivity (Wildman–Crippen MR) is 104 cm³/mol. The van der Waals surface area contributed by atoms with E-state index < -0.39 is 0 Å². The van der Waals surface area contributed by atoms with Crippen LogP contribution in [-0.4, -0.2) is 62.6 Å². The number of hydrogen-bond acceptors (Lipinski definition) is 8. The van der Waals surface area contributed by atoms with E-state index in [1.807, 2.05) is 22.8 Å². The van der Waals surface area contributed by atoms with Crippen LogP contribution >= 0.6 is 23.1 Å². The fraction of sp³-hybridized carbons (Fsp3) is 0.500. The first-order valence-corrected chi connectivity index (χ1v) is 10.4. The zero-order chi connectivity index (χ0) is 18.5. The lowest BCUT2D eigenvalue weighted by Gasteiger charge is -2.24. The quantitative estimate of drug-likeness (QED) is 0.714. The third kappa shape index (κ3) is 5.05. The van der Waals surface area contributed by atoms with Crippen molar-refractivity contribution < 1.29 is 4.79 Å². The molecule has 3 N–H and O–H groups in total. The molecule has 10 heteroatoms. The second-order valence-corrected chi connectivity index (χ2v) is 8.00. The fourth-order valence-electron chi connectivity index (χ4n) is 2.97. The van der Waals surface area contributed by atoms with Gasteiger partial charge < -0.3 is 10.6 Å². The Labute approximate surface area is 159 Å². The van der Waals surface area contributed by atoms with Crippen LogP contribution in [0.5, 0.6) is 0 Å². The maximum atomic E-state index is 12.4. The molecule has 2 aromatic rings. The Kier molecular flexibility index (Phi) is 6.28. The number of amides is 1. The Hall–Kier alpha value is -1.91. The monoisotopic (exact) mass is 394 g/mol. The molecular formula is C16H22N6O2S2. The second-order valence-electron chi connectivity index (χ2n) is 6.29. The van der Waals surface area contributed by atoms with Crippen LogP contribution in [0.4, 0.5) is 5.95 Å². The number of nitrogen functional groups attached to an aromatic ring is 1. The van der Waals surface area contributed by atoms with Gasteiger partial charge >= 0.3 is 0 Å². The first-order chi connectivity index (χ1) is 12.5. The van der Waals surface area contributed by atoms with Crippen LogP contribution in [0.25, 0.3) is 0 Å². The molecule has 0 aliphatic carbocycles. The third-order valence-corrected chi connectivity index (χ3v) is 5.91. The van der Waals surface area contributed by atoms with E-state index in [-0.39, 0.29) is 23.5 Å². The van der Waals surface area contributed by atoms with Crippen LogP contribution in [0.3, 0.4) is 0 Å². The zero-order valence-electron chi connectivity index (χ0n) is 14.6. The average molecular weight is 395 g/mol. The zero-order valence-corrected chi connectivity index (χ0v) is 16.2. The van der Waals surface area contributed by atoms with Crippen LogP contribution in [-0.2, 0) is 17.1 Å². The summed E-state index contributed by atoms with van der Waals surface area (Å²) in [7, 11) is 1.98. The maximum absolute atomic E-state index is 12.4. The number of likely N-dealkylation sites (tertiary alicyclic amines) is 1. The lowest BCUT2D eigenvalue weighted by molar-refractivity contribution is -0.127. The normalized spacial score (nSPS) is 17.2. The van der Waals surface area contributed by atoms with Gasteiger partial charge in [0.1, 0.15) is 0 Å². The summed E-state index contributed by atoms with van der Waals surface area (Å²) in [5, 5.41) is 2.01. The molecule has 0 bridgehead atoms. The molecule has 2 aromatic heterocycles. The van der Waals surface area contributed by atoms with Gasteiger partial charge in [0.05, 0.1) is 22.7 Å². The van der Waals surface area contributed by atoms with Crippen molar-refractivity contribution in [2.24, 2.45) is 0 Å². The highest BCUT2D eigenvalue weighted by Crippen LogP contribution is 2.19.